The van der Waals surface area contributed by atoms with E-state index in [-0.39, 0.29) is 5.41 Å². The minimum atomic E-state index is -0.135. The third-order valence-corrected chi connectivity index (χ3v) is 22.5. The van der Waals surface area contributed by atoms with Gasteiger partial charge in [0.25, 0.3) is 0 Å². The number of hydrogen-bond donors (Lipinski definition) is 0. The lowest BCUT2D eigenvalue weighted by Gasteiger charge is -2.29. The van der Waals surface area contributed by atoms with Gasteiger partial charge in [-0.1, -0.05) is 329 Å². The number of para-hydroxylation sites is 2. The monoisotopic (exact) mass is 1420 g/mol. The topological polar surface area (TPSA) is 32.8 Å². The number of hydrogen-bond acceptors (Lipinski definition) is 4. The Morgan fingerprint density at radius 2 is 0.495 bits per heavy atom. The van der Waals surface area contributed by atoms with Gasteiger partial charge in [0.15, 0.2) is 0 Å². The molecule has 0 radical (unpaired) electrons. The molecule has 524 valence electrons. The van der Waals surface area contributed by atoms with E-state index in [2.05, 4.69) is 430 Å². The summed E-state index contributed by atoms with van der Waals surface area (Å²) >= 11 is 0. The van der Waals surface area contributed by atoms with Crippen LogP contribution >= 0.6 is 0 Å². The van der Waals surface area contributed by atoms with Gasteiger partial charge in [-0.25, -0.2) is 0 Å². The summed E-state index contributed by atoms with van der Waals surface area (Å²) in [6.45, 7) is 4.70. The Kier molecular flexibility index (Phi) is 16.6. The van der Waals surface area contributed by atoms with E-state index in [1.54, 1.807) is 0 Å². The van der Waals surface area contributed by atoms with Gasteiger partial charge in [0, 0.05) is 72.2 Å². The molecule has 4 heteroatoms. The second kappa shape index (κ2) is 27.8. The van der Waals surface area contributed by atoms with Crippen LogP contribution in [0.4, 0.5) is 34.1 Å². The molecule has 21 rings (SSSR count). The van der Waals surface area contributed by atoms with E-state index in [0.717, 1.165) is 100 Å². The number of anilines is 6. The van der Waals surface area contributed by atoms with Crippen LogP contribution in [-0.2, 0) is 5.41 Å². The van der Waals surface area contributed by atoms with Gasteiger partial charge in [0.2, 0.25) is 0 Å². The standard InChI is InChI=1S/C55H39NO.C52H35NO/c1-55(2)51-18-10-8-16-46(51)47-31-30-44(35-52(47)55)56(43-28-26-40(27-29-43)39-22-20-38(21-23-39)36-12-4-3-5-13-36)45-33-49(42-25-24-37-14-6-7-15-41(37)32-42)54-50(34-45)48-17-9-11-19-53(48)57-54;1-3-11-36(12-4-1)39-19-21-40(22-20-39)42-27-31-46(32-28-42)53(45-29-25-41(26-30-45)37-13-5-2-6-14-37)47-34-49(44-24-23-38-15-7-8-16-43(38)33-44)52-50(35-47)48-17-9-10-18-51(48)54-52/h3-35H,1-2H3;1-35H. The van der Waals surface area contributed by atoms with Crippen LogP contribution in [-0.4, -0.2) is 0 Å². The highest BCUT2D eigenvalue weighted by molar-refractivity contribution is 6.14. The fourth-order valence-corrected chi connectivity index (χ4v) is 16.8. The molecule has 0 amide bonds. The zero-order chi connectivity index (χ0) is 73.9. The molecule has 1 aliphatic rings. The van der Waals surface area contributed by atoms with Crippen LogP contribution in [0.5, 0.6) is 0 Å². The summed E-state index contributed by atoms with van der Waals surface area (Å²) in [7, 11) is 0. The quantitative estimate of drug-likeness (QED) is 0.115. The number of benzene rings is 18. The van der Waals surface area contributed by atoms with Gasteiger partial charge in [0.05, 0.1) is 0 Å². The molecular weight excluding hydrogens is 1350 g/mol. The summed E-state index contributed by atoms with van der Waals surface area (Å²) in [4.78, 5) is 4.79. The Bertz CT molecular complexity index is 6860. The Morgan fingerprint density at radius 3 is 0.910 bits per heavy atom. The summed E-state index contributed by atoms with van der Waals surface area (Å²) in [6, 6.07) is 149. The van der Waals surface area contributed by atoms with Crippen molar-refractivity contribution in [2.75, 3.05) is 9.80 Å². The molecule has 0 atom stereocenters. The summed E-state index contributed by atoms with van der Waals surface area (Å²) in [6.07, 6.45) is 0. The molecule has 0 saturated heterocycles. The lowest BCUT2D eigenvalue weighted by atomic mass is 9.82. The van der Waals surface area contributed by atoms with Gasteiger partial charge < -0.3 is 18.6 Å². The van der Waals surface area contributed by atoms with Crippen LogP contribution in [0.2, 0.25) is 0 Å². The van der Waals surface area contributed by atoms with E-state index >= 15 is 0 Å². The average molecular weight is 1420 g/mol. The fourth-order valence-electron chi connectivity index (χ4n) is 16.8. The Hall–Kier alpha value is -14.3. The van der Waals surface area contributed by atoms with E-state index in [1.807, 2.05) is 6.07 Å². The normalized spacial score (nSPS) is 12.1. The first-order valence-electron chi connectivity index (χ1n) is 38.2. The molecular formula is C107H74N2O2. The molecule has 111 heavy (non-hydrogen) atoms. The first kappa shape index (κ1) is 66.1. The first-order valence-corrected chi connectivity index (χ1v) is 38.2. The van der Waals surface area contributed by atoms with Crippen molar-refractivity contribution in [2.24, 2.45) is 0 Å². The maximum absolute atomic E-state index is 6.70. The molecule has 4 nitrogen and oxygen atoms in total. The summed E-state index contributed by atoms with van der Waals surface area (Å²) in [5.41, 5.74) is 31.6. The summed E-state index contributed by atoms with van der Waals surface area (Å²) in [5.74, 6) is 0. The molecule has 0 saturated carbocycles. The molecule has 0 aliphatic heterocycles. The predicted molar refractivity (Wildman–Crippen MR) is 467 cm³/mol. The maximum atomic E-state index is 6.70. The van der Waals surface area contributed by atoms with Gasteiger partial charge in [-0.05, 0) is 208 Å². The van der Waals surface area contributed by atoms with Crippen LogP contribution in [0, 0.1) is 0 Å². The predicted octanol–water partition coefficient (Wildman–Crippen LogP) is 30.4. The van der Waals surface area contributed by atoms with Gasteiger partial charge >= 0.3 is 0 Å². The number of rotatable bonds is 13. The largest absolute Gasteiger partial charge is 0.455 e. The van der Waals surface area contributed by atoms with Crippen molar-refractivity contribution in [1.82, 2.24) is 0 Å². The third kappa shape index (κ3) is 12.3. The van der Waals surface area contributed by atoms with Gasteiger partial charge in [-0.2, -0.15) is 0 Å². The van der Waals surface area contributed by atoms with Crippen LogP contribution in [0.1, 0.15) is 25.0 Å². The van der Waals surface area contributed by atoms with E-state index in [4.69, 9.17) is 8.83 Å². The summed E-state index contributed by atoms with van der Waals surface area (Å²) in [5, 5.41) is 9.23. The molecule has 1 aliphatic carbocycles. The Morgan fingerprint density at radius 1 is 0.189 bits per heavy atom. The van der Waals surface area contributed by atoms with Crippen molar-refractivity contribution in [1.29, 1.82) is 0 Å². The second-order valence-corrected chi connectivity index (χ2v) is 29.5. The highest BCUT2D eigenvalue weighted by atomic mass is 16.3. The van der Waals surface area contributed by atoms with Gasteiger partial charge in [-0.15, -0.1) is 0 Å². The smallest absolute Gasteiger partial charge is 0.143 e. The minimum absolute atomic E-state index is 0.135. The average Bonchev–Trinajstić information content (AvgIpc) is 1.51. The number of furan rings is 2. The van der Waals surface area contributed by atoms with Crippen LogP contribution in [0.3, 0.4) is 0 Å². The summed E-state index contributed by atoms with van der Waals surface area (Å²) < 4.78 is 13.3. The minimum Gasteiger partial charge on any atom is -0.455 e. The van der Waals surface area contributed by atoms with Crippen molar-refractivity contribution < 1.29 is 8.83 Å². The van der Waals surface area contributed by atoms with Crippen molar-refractivity contribution in [3.8, 4) is 89.0 Å². The first-order chi connectivity index (χ1) is 54.7. The molecule has 18 aromatic carbocycles. The van der Waals surface area contributed by atoms with Crippen molar-refractivity contribution in [3.63, 3.8) is 0 Å². The lowest BCUT2D eigenvalue weighted by Crippen LogP contribution is -2.16. The molecule has 0 N–H and O–H groups in total. The van der Waals surface area contributed by atoms with Gasteiger partial charge in [-0.3, -0.25) is 0 Å². The molecule has 20 aromatic rings. The number of nitrogens with zero attached hydrogens (tertiary/aromatic N) is 2. The van der Waals surface area contributed by atoms with Crippen LogP contribution in [0.15, 0.2) is 421 Å². The molecule has 0 unspecified atom stereocenters. The van der Waals surface area contributed by atoms with E-state index in [9.17, 15) is 0 Å². The molecule has 0 fully saturated rings. The molecule has 0 spiro atoms. The van der Waals surface area contributed by atoms with Crippen LogP contribution in [0.25, 0.3) is 154 Å². The van der Waals surface area contributed by atoms with E-state index < -0.39 is 0 Å². The highest BCUT2D eigenvalue weighted by Gasteiger charge is 2.36. The second-order valence-electron chi connectivity index (χ2n) is 29.5. The van der Waals surface area contributed by atoms with E-state index in [1.165, 1.54) is 99.4 Å². The highest BCUT2D eigenvalue weighted by Crippen LogP contribution is 2.53. The van der Waals surface area contributed by atoms with Crippen molar-refractivity contribution >= 4 is 99.5 Å². The Labute approximate surface area is 645 Å². The zero-order valence-corrected chi connectivity index (χ0v) is 61.5. The van der Waals surface area contributed by atoms with Crippen LogP contribution < -0.4 is 9.80 Å². The SMILES string of the molecule is CC1(C)c2ccccc2-c2ccc(N(c3ccc(-c4ccc(-c5ccccc5)cc4)cc3)c3cc(-c4ccc5ccccc5c4)c4oc5ccccc5c4c3)cc21.c1ccc(-c2ccc(-c3ccc(N(c4ccc(-c5ccccc5)cc4)c4cc(-c5ccc6ccccc6c5)c5oc6ccccc6c5c4)cc3)cc2)cc1. The molecule has 0 bridgehead atoms. The molecule has 2 heterocycles. The van der Waals surface area contributed by atoms with E-state index in [0.29, 0.717) is 0 Å². The zero-order valence-electron chi connectivity index (χ0n) is 61.5. The molecule has 2 aromatic heterocycles. The third-order valence-electron chi connectivity index (χ3n) is 22.5. The van der Waals surface area contributed by atoms with Gasteiger partial charge in [0.1, 0.15) is 22.3 Å². The number of fused-ring (bicyclic) bond motifs is 11. The van der Waals surface area contributed by atoms with Crippen molar-refractivity contribution in [3.05, 3.63) is 424 Å². The Balaban J connectivity index is 0.000000145. The maximum Gasteiger partial charge on any atom is 0.143 e. The van der Waals surface area contributed by atoms with Crippen molar-refractivity contribution in [2.45, 2.75) is 19.3 Å². The lowest BCUT2D eigenvalue weighted by molar-refractivity contribution is 0.660. The fraction of sp³-hybridized carbons (Fsp3) is 0.0280.